The molecule has 0 aliphatic rings. The van der Waals surface area contributed by atoms with Crippen molar-refractivity contribution in [3.8, 4) is 17.2 Å². The first kappa shape index (κ1) is 14.3. The van der Waals surface area contributed by atoms with Crippen molar-refractivity contribution in [1.29, 1.82) is 5.41 Å². The van der Waals surface area contributed by atoms with Crippen molar-refractivity contribution >= 4 is 17.6 Å². The van der Waals surface area contributed by atoms with Crippen molar-refractivity contribution in [2.24, 2.45) is 5.73 Å². The highest BCUT2D eigenvalue weighted by atomic mass is 32.2. The highest BCUT2D eigenvalue weighted by Crippen LogP contribution is 2.32. The van der Waals surface area contributed by atoms with E-state index in [1.54, 1.807) is 19.2 Å². The Morgan fingerprint density at radius 1 is 1.15 bits per heavy atom. The third kappa shape index (κ3) is 3.05. The van der Waals surface area contributed by atoms with Gasteiger partial charge in [-0.2, -0.15) is 0 Å². The Morgan fingerprint density at radius 3 is 2.50 bits per heavy atom. The molecule has 2 aromatic carbocycles. The van der Waals surface area contributed by atoms with Gasteiger partial charge < -0.3 is 15.2 Å². The van der Waals surface area contributed by atoms with Crippen LogP contribution in [-0.2, 0) is 0 Å². The number of rotatable bonds is 5. The van der Waals surface area contributed by atoms with Crippen molar-refractivity contribution in [2.45, 2.75) is 4.90 Å². The summed E-state index contributed by atoms with van der Waals surface area (Å²) < 4.78 is 11.0. The molecule has 0 atom stereocenters. The van der Waals surface area contributed by atoms with Gasteiger partial charge in [0.1, 0.15) is 23.1 Å². The predicted molar refractivity (Wildman–Crippen MR) is 82.3 cm³/mol. The minimum absolute atomic E-state index is 0.00662. The van der Waals surface area contributed by atoms with Gasteiger partial charge in [0.15, 0.2) is 0 Å². The van der Waals surface area contributed by atoms with E-state index in [4.69, 9.17) is 20.6 Å². The second kappa shape index (κ2) is 6.34. The summed E-state index contributed by atoms with van der Waals surface area (Å²) in [6, 6.07) is 12.9. The molecule has 0 aliphatic carbocycles. The first-order valence-electron chi connectivity index (χ1n) is 5.99. The Hall–Kier alpha value is -2.14. The average Bonchev–Trinajstić information content (AvgIpc) is 2.46. The summed E-state index contributed by atoms with van der Waals surface area (Å²) in [5.74, 6) is 1.92. The van der Waals surface area contributed by atoms with Crippen LogP contribution >= 0.6 is 11.8 Å². The van der Waals surface area contributed by atoms with Crippen LogP contribution in [0.15, 0.2) is 47.4 Å². The predicted octanol–water partition coefficient (Wildman–Crippen LogP) is 3.49. The summed E-state index contributed by atoms with van der Waals surface area (Å²) >= 11 is 1.53. The van der Waals surface area contributed by atoms with Gasteiger partial charge >= 0.3 is 0 Å². The number of nitrogens with one attached hydrogen (secondary N) is 1. The van der Waals surface area contributed by atoms with Crippen LogP contribution in [0.1, 0.15) is 5.56 Å². The standard InChI is InChI=1S/C15H16N2O2S/c1-18-10-5-3-6-11(9-10)19-12-7-4-8-13(20-2)14(12)15(16)17/h3-9H,1-2H3,(H3,16,17). The Kier molecular flexibility index (Phi) is 4.53. The molecule has 3 N–H and O–H groups in total. The lowest BCUT2D eigenvalue weighted by atomic mass is 10.2. The van der Waals surface area contributed by atoms with Crippen molar-refractivity contribution in [3.05, 3.63) is 48.0 Å². The molecule has 0 fully saturated rings. The quantitative estimate of drug-likeness (QED) is 0.502. The van der Waals surface area contributed by atoms with E-state index in [2.05, 4.69) is 0 Å². The number of nitrogen functional groups attached to an aromatic ring is 1. The van der Waals surface area contributed by atoms with Crippen LogP contribution in [-0.4, -0.2) is 19.2 Å². The van der Waals surface area contributed by atoms with Crippen LogP contribution in [0.2, 0.25) is 0 Å². The van der Waals surface area contributed by atoms with Gasteiger partial charge in [0.05, 0.1) is 12.7 Å². The van der Waals surface area contributed by atoms with Crippen LogP contribution in [0.5, 0.6) is 17.2 Å². The molecule has 0 aromatic heterocycles. The third-order valence-electron chi connectivity index (χ3n) is 2.75. The summed E-state index contributed by atoms with van der Waals surface area (Å²) in [5.41, 5.74) is 6.28. The van der Waals surface area contributed by atoms with E-state index >= 15 is 0 Å². The van der Waals surface area contributed by atoms with Crippen LogP contribution in [0.4, 0.5) is 0 Å². The fourth-order valence-electron chi connectivity index (χ4n) is 1.82. The lowest BCUT2D eigenvalue weighted by Gasteiger charge is -2.13. The monoisotopic (exact) mass is 288 g/mol. The maximum absolute atomic E-state index is 7.72. The Morgan fingerprint density at radius 2 is 1.85 bits per heavy atom. The summed E-state index contributed by atoms with van der Waals surface area (Å²) in [5, 5.41) is 7.72. The van der Waals surface area contributed by atoms with E-state index in [1.165, 1.54) is 11.8 Å². The molecule has 104 valence electrons. The highest BCUT2D eigenvalue weighted by molar-refractivity contribution is 7.98. The number of thioether (sulfide) groups is 1. The van der Waals surface area contributed by atoms with E-state index in [0.29, 0.717) is 22.8 Å². The van der Waals surface area contributed by atoms with Gasteiger partial charge in [-0.1, -0.05) is 12.1 Å². The normalized spacial score (nSPS) is 10.1. The Labute approximate surface area is 122 Å². The maximum Gasteiger partial charge on any atom is 0.139 e. The van der Waals surface area contributed by atoms with Gasteiger partial charge in [0.2, 0.25) is 0 Å². The summed E-state index contributed by atoms with van der Waals surface area (Å²) in [7, 11) is 1.61. The van der Waals surface area contributed by atoms with Gasteiger partial charge in [0.25, 0.3) is 0 Å². The second-order valence-electron chi connectivity index (χ2n) is 4.03. The summed E-state index contributed by atoms with van der Waals surface area (Å²) in [6.45, 7) is 0. The van der Waals surface area contributed by atoms with E-state index in [-0.39, 0.29) is 5.84 Å². The number of ether oxygens (including phenoxy) is 2. The Bertz CT molecular complexity index is 629. The molecule has 0 unspecified atom stereocenters. The van der Waals surface area contributed by atoms with Crippen molar-refractivity contribution in [2.75, 3.05) is 13.4 Å². The van der Waals surface area contributed by atoms with Gasteiger partial charge in [-0.15, -0.1) is 11.8 Å². The molecular weight excluding hydrogens is 272 g/mol. The molecule has 0 amide bonds. The molecule has 0 bridgehead atoms. The smallest absolute Gasteiger partial charge is 0.139 e. The van der Waals surface area contributed by atoms with E-state index < -0.39 is 0 Å². The fraction of sp³-hybridized carbons (Fsp3) is 0.133. The highest BCUT2D eigenvalue weighted by Gasteiger charge is 2.12. The van der Waals surface area contributed by atoms with Gasteiger partial charge in [-0.25, -0.2) is 0 Å². The van der Waals surface area contributed by atoms with Gasteiger partial charge in [-0.05, 0) is 30.5 Å². The number of methoxy groups -OCH3 is 1. The van der Waals surface area contributed by atoms with E-state index in [0.717, 1.165) is 4.90 Å². The number of hydrogen-bond acceptors (Lipinski definition) is 4. The zero-order valence-corrected chi connectivity index (χ0v) is 12.2. The molecule has 20 heavy (non-hydrogen) atoms. The molecule has 5 heteroatoms. The summed E-state index contributed by atoms with van der Waals surface area (Å²) in [6.07, 6.45) is 1.94. The molecule has 0 saturated heterocycles. The van der Waals surface area contributed by atoms with Gasteiger partial charge in [0, 0.05) is 11.0 Å². The molecule has 0 heterocycles. The van der Waals surface area contributed by atoms with Gasteiger partial charge in [-0.3, -0.25) is 5.41 Å². The molecule has 2 aromatic rings. The molecule has 0 spiro atoms. The first-order chi connectivity index (χ1) is 9.65. The lowest BCUT2D eigenvalue weighted by Crippen LogP contribution is -2.13. The molecule has 0 saturated carbocycles. The number of amidine groups is 1. The maximum atomic E-state index is 7.72. The lowest BCUT2D eigenvalue weighted by molar-refractivity contribution is 0.409. The number of benzene rings is 2. The molecule has 2 rings (SSSR count). The zero-order chi connectivity index (χ0) is 14.5. The Balaban J connectivity index is 2.40. The second-order valence-corrected chi connectivity index (χ2v) is 4.88. The number of nitrogens with two attached hydrogens (primary N) is 1. The van der Waals surface area contributed by atoms with Crippen LogP contribution < -0.4 is 15.2 Å². The molecule has 0 aliphatic heterocycles. The minimum atomic E-state index is -0.00662. The average molecular weight is 288 g/mol. The zero-order valence-electron chi connectivity index (χ0n) is 11.3. The SMILES string of the molecule is COc1cccc(Oc2cccc(SC)c2C(=N)N)c1. The van der Waals surface area contributed by atoms with E-state index in [9.17, 15) is 0 Å². The van der Waals surface area contributed by atoms with Crippen molar-refractivity contribution in [1.82, 2.24) is 0 Å². The topological polar surface area (TPSA) is 68.3 Å². The summed E-state index contributed by atoms with van der Waals surface area (Å²) in [4.78, 5) is 0.915. The molecular formula is C15H16N2O2S. The largest absolute Gasteiger partial charge is 0.497 e. The fourth-order valence-corrected chi connectivity index (χ4v) is 2.45. The van der Waals surface area contributed by atoms with E-state index in [1.807, 2.05) is 36.6 Å². The molecule has 4 nitrogen and oxygen atoms in total. The number of hydrogen-bond donors (Lipinski definition) is 2. The van der Waals surface area contributed by atoms with Crippen molar-refractivity contribution in [3.63, 3.8) is 0 Å². The van der Waals surface area contributed by atoms with Crippen LogP contribution in [0.25, 0.3) is 0 Å². The minimum Gasteiger partial charge on any atom is -0.497 e. The van der Waals surface area contributed by atoms with Crippen molar-refractivity contribution < 1.29 is 9.47 Å². The molecule has 0 radical (unpaired) electrons. The van der Waals surface area contributed by atoms with Crippen LogP contribution in [0, 0.1) is 5.41 Å². The van der Waals surface area contributed by atoms with Crippen LogP contribution in [0.3, 0.4) is 0 Å². The third-order valence-corrected chi connectivity index (χ3v) is 3.53. The first-order valence-corrected chi connectivity index (χ1v) is 7.21.